The highest BCUT2D eigenvalue weighted by Gasteiger charge is 2.63. The van der Waals surface area contributed by atoms with E-state index in [1.54, 1.807) is 29.2 Å². The number of amides is 4. The molecule has 3 aromatic rings. The quantitative estimate of drug-likeness (QED) is 0.325. The lowest BCUT2D eigenvalue weighted by Crippen LogP contribution is -2.54. The van der Waals surface area contributed by atoms with Gasteiger partial charge in [0.15, 0.2) is 0 Å². The predicted molar refractivity (Wildman–Crippen MR) is 125 cm³/mol. The Bertz CT molecular complexity index is 1390. The molecule has 3 unspecified atom stereocenters. The third kappa shape index (κ3) is 3.13. The summed E-state index contributed by atoms with van der Waals surface area (Å²) in [7, 11) is 0. The van der Waals surface area contributed by atoms with Crippen LogP contribution >= 0.6 is 0 Å². The van der Waals surface area contributed by atoms with Gasteiger partial charge in [-0.2, -0.15) is 0 Å². The molecule has 0 aliphatic carbocycles. The largest absolute Gasteiger partial charge is 0.445 e. The van der Waals surface area contributed by atoms with Gasteiger partial charge in [0.25, 0.3) is 11.6 Å². The Kier molecular flexibility index (Phi) is 4.70. The number of carbonyl (C=O) groups is 3. The Morgan fingerprint density at radius 1 is 1.00 bits per heavy atom. The van der Waals surface area contributed by atoms with Gasteiger partial charge in [-0.15, -0.1) is 0 Å². The minimum atomic E-state index is -0.806. The fourth-order valence-electron chi connectivity index (χ4n) is 5.51. The van der Waals surface area contributed by atoms with Gasteiger partial charge < -0.3 is 14.5 Å². The number of imide groups is 1. The number of urea groups is 1. The number of nitro groups is 1. The van der Waals surface area contributed by atoms with Gasteiger partial charge in [0.2, 0.25) is 0 Å². The van der Waals surface area contributed by atoms with Crippen LogP contribution in [0.25, 0.3) is 10.8 Å². The van der Waals surface area contributed by atoms with Crippen LogP contribution in [0.15, 0.2) is 66.7 Å². The molecule has 3 fully saturated rings. The van der Waals surface area contributed by atoms with E-state index in [0.29, 0.717) is 29.4 Å². The minimum Gasteiger partial charge on any atom is -0.445 e. The van der Waals surface area contributed by atoms with Crippen molar-refractivity contribution >= 4 is 40.2 Å². The number of nitro benzene ring substituents is 1. The molecule has 6 rings (SSSR count). The lowest BCUT2D eigenvalue weighted by molar-refractivity contribution is -0.383. The van der Waals surface area contributed by atoms with Gasteiger partial charge >= 0.3 is 12.1 Å². The maximum Gasteiger partial charge on any atom is 0.410 e. The fraction of sp³-hybridized carbons (Fsp3) is 0.240. The van der Waals surface area contributed by atoms with Crippen LogP contribution in [-0.4, -0.2) is 57.4 Å². The molecule has 2 bridgehead atoms. The summed E-state index contributed by atoms with van der Waals surface area (Å²) in [5.74, 6) is -0.443. The molecule has 10 heteroatoms. The average Bonchev–Trinajstić information content (AvgIpc) is 3.54. The highest BCUT2D eigenvalue weighted by Crippen LogP contribution is 2.44. The maximum atomic E-state index is 13.5. The van der Waals surface area contributed by atoms with E-state index in [0.717, 1.165) is 10.5 Å². The summed E-state index contributed by atoms with van der Waals surface area (Å²) in [4.78, 5) is 54.9. The van der Waals surface area contributed by atoms with E-state index in [-0.39, 0.29) is 18.3 Å². The van der Waals surface area contributed by atoms with Crippen LogP contribution in [0.5, 0.6) is 0 Å². The summed E-state index contributed by atoms with van der Waals surface area (Å²) in [6.07, 6.45) is -0.00210. The van der Waals surface area contributed by atoms with E-state index in [9.17, 15) is 24.5 Å². The molecule has 4 amide bonds. The molecule has 0 spiro atoms. The lowest BCUT2D eigenvalue weighted by atomic mass is 10.0. The van der Waals surface area contributed by atoms with Gasteiger partial charge in [-0.25, -0.2) is 14.5 Å². The van der Waals surface area contributed by atoms with Crippen molar-refractivity contribution in [3.05, 3.63) is 82.4 Å². The lowest BCUT2D eigenvalue weighted by Gasteiger charge is -2.34. The minimum absolute atomic E-state index is 0.101. The summed E-state index contributed by atoms with van der Waals surface area (Å²) in [6, 6.07) is 16.6. The van der Waals surface area contributed by atoms with Gasteiger partial charge in [-0.05, 0) is 24.1 Å². The normalized spacial score (nSPS) is 22.7. The number of hydrogen-bond acceptors (Lipinski definition) is 6. The first-order chi connectivity index (χ1) is 17.0. The van der Waals surface area contributed by atoms with Crippen LogP contribution in [0.3, 0.4) is 0 Å². The van der Waals surface area contributed by atoms with Crippen molar-refractivity contribution in [1.82, 2.24) is 9.80 Å². The number of anilines is 1. The topological polar surface area (TPSA) is 113 Å². The van der Waals surface area contributed by atoms with Crippen molar-refractivity contribution in [3.63, 3.8) is 0 Å². The Balaban J connectivity index is 1.28. The average molecular weight is 472 g/mol. The molecule has 0 N–H and O–H groups in total. The first-order valence-electron chi connectivity index (χ1n) is 11.3. The van der Waals surface area contributed by atoms with Crippen molar-refractivity contribution in [2.75, 3.05) is 11.4 Å². The summed E-state index contributed by atoms with van der Waals surface area (Å²) in [5.41, 5.74) is 1.06. The molecule has 10 nitrogen and oxygen atoms in total. The van der Waals surface area contributed by atoms with E-state index in [4.69, 9.17) is 4.74 Å². The van der Waals surface area contributed by atoms with Gasteiger partial charge in [0.1, 0.15) is 12.6 Å². The highest BCUT2D eigenvalue weighted by molar-refractivity contribution is 6.25. The molecular formula is C25H20N4O6. The molecule has 0 aromatic heterocycles. The summed E-state index contributed by atoms with van der Waals surface area (Å²) >= 11 is 0. The van der Waals surface area contributed by atoms with Crippen molar-refractivity contribution < 1.29 is 24.0 Å². The third-order valence-corrected chi connectivity index (χ3v) is 7.02. The second kappa shape index (κ2) is 7.79. The molecular weight excluding hydrogens is 452 g/mol. The third-order valence-electron chi connectivity index (χ3n) is 7.02. The van der Waals surface area contributed by atoms with E-state index in [2.05, 4.69) is 0 Å². The smallest absolute Gasteiger partial charge is 0.410 e. The molecule has 3 aliphatic rings. The van der Waals surface area contributed by atoms with Crippen LogP contribution in [-0.2, 0) is 16.1 Å². The second-order valence-corrected chi connectivity index (χ2v) is 8.86. The van der Waals surface area contributed by atoms with E-state index in [1.807, 2.05) is 30.3 Å². The van der Waals surface area contributed by atoms with Crippen LogP contribution in [0.1, 0.15) is 12.0 Å². The van der Waals surface area contributed by atoms with Crippen molar-refractivity contribution in [2.24, 2.45) is 0 Å². The molecule has 176 valence electrons. The Morgan fingerprint density at radius 2 is 1.71 bits per heavy atom. The van der Waals surface area contributed by atoms with E-state index < -0.39 is 35.0 Å². The molecule has 3 saturated heterocycles. The molecule has 3 heterocycles. The van der Waals surface area contributed by atoms with Gasteiger partial charge in [0, 0.05) is 18.0 Å². The highest BCUT2D eigenvalue weighted by atomic mass is 16.6. The Hall–Kier alpha value is -4.47. The number of likely N-dealkylation sites (tertiary alicyclic amines) is 1. The predicted octanol–water partition coefficient (Wildman–Crippen LogP) is 3.68. The fourth-order valence-corrected chi connectivity index (χ4v) is 5.51. The van der Waals surface area contributed by atoms with Crippen LogP contribution in [0, 0.1) is 10.1 Å². The summed E-state index contributed by atoms with van der Waals surface area (Å²) in [5, 5.41) is 12.3. The standard InChI is InChI=1S/C25H20N4O6/c30-23-22-21-12-16(13-26(21)25(32)35-14-15-6-2-1-3-7-15)27(22)24(31)28(23)19-10-11-20(29(33)34)18-9-5-4-8-17(18)19/h1-11,16,21-22H,12-14H2. The molecule has 3 atom stereocenters. The van der Waals surface area contributed by atoms with Crippen LogP contribution in [0.4, 0.5) is 21.0 Å². The molecule has 3 aromatic carbocycles. The number of piperazine rings is 1. The Labute approximate surface area is 199 Å². The van der Waals surface area contributed by atoms with Gasteiger partial charge in [0.05, 0.1) is 28.1 Å². The second-order valence-electron chi connectivity index (χ2n) is 8.86. The number of benzene rings is 3. The summed E-state index contributed by atoms with van der Waals surface area (Å²) in [6.45, 7) is 0.415. The molecule has 0 saturated carbocycles. The van der Waals surface area contributed by atoms with Gasteiger partial charge in [-0.1, -0.05) is 48.5 Å². The molecule has 35 heavy (non-hydrogen) atoms. The number of hydrogen-bond donors (Lipinski definition) is 0. The monoisotopic (exact) mass is 472 g/mol. The number of non-ortho nitro benzene ring substituents is 1. The maximum absolute atomic E-state index is 13.5. The zero-order valence-electron chi connectivity index (χ0n) is 18.4. The number of fused-ring (bicyclic) bond motifs is 6. The Morgan fingerprint density at radius 3 is 2.46 bits per heavy atom. The van der Waals surface area contributed by atoms with Crippen LogP contribution in [0.2, 0.25) is 0 Å². The van der Waals surface area contributed by atoms with Gasteiger partial charge in [-0.3, -0.25) is 14.9 Å². The zero-order chi connectivity index (χ0) is 24.3. The summed E-state index contributed by atoms with van der Waals surface area (Å²) < 4.78 is 5.47. The number of rotatable bonds is 4. The SMILES string of the molecule is O=C1C2C3CC(CN3C(=O)OCc3ccccc3)N2C(=O)N1c1ccc([N+](=O)[O-])c2ccccc12. The van der Waals surface area contributed by atoms with E-state index >= 15 is 0 Å². The number of nitrogens with zero attached hydrogens (tertiary/aromatic N) is 4. The van der Waals surface area contributed by atoms with Crippen molar-refractivity contribution in [1.29, 1.82) is 0 Å². The molecule has 3 aliphatic heterocycles. The van der Waals surface area contributed by atoms with Crippen molar-refractivity contribution in [2.45, 2.75) is 31.2 Å². The van der Waals surface area contributed by atoms with Crippen molar-refractivity contribution in [3.8, 4) is 0 Å². The molecule has 0 radical (unpaired) electrons. The number of ether oxygens (including phenoxy) is 1. The van der Waals surface area contributed by atoms with Crippen LogP contribution < -0.4 is 4.90 Å². The number of carbonyl (C=O) groups excluding carboxylic acids is 3. The first kappa shape index (κ1) is 21.1. The zero-order valence-corrected chi connectivity index (χ0v) is 18.4. The first-order valence-corrected chi connectivity index (χ1v) is 11.3. The van der Waals surface area contributed by atoms with E-state index in [1.165, 1.54) is 17.0 Å².